The molecule has 4 aliphatic rings. The first kappa shape index (κ1) is 17.6. The highest BCUT2D eigenvalue weighted by Gasteiger charge is 2.54. The number of aryl methyl sites for hydroxylation is 1. The summed E-state index contributed by atoms with van der Waals surface area (Å²) < 4.78 is 0. The molecule has 1 aromatic rings. The molecule has 4 heteroatoms. The molecule has 140 valence electrons. The maximum atomic E-state index is 12.9. The highest BCUT2D eigenvalue weighted by atomic mass is 16.2. The lowest BCUT2D eigenvalue weighted by atomic mass is 9.49. The normalized spacial score (nSPS) is 31.7. The fraction of sp³-hybridized carbons (Fsp3) is 0.636. The molecule has 0 aliphatic heterocycles. The van der Waals surface area contributed by atoms with Gasteiger partial charge in [-0.25, -0.2) is 0 Å². The minimum Gasteiger partial charge on any atom is -0.356 e. The van der Waals surface area contributed by atoms with Gasteiger partial charge in [-0.3, -0.25) is 9.59 Å². The Morgan fingerprint density at radius 1 is 1.08 bits per heavy atom. The first-order chi connectivity index (χ1) is 12.5. The Bertz CT molecular complexity index is 662. The molecule has 0 saturated heterocycles. The zero-order valence-electron chi connectivity index (χ0n) is 15.7. The molecule has 26 heavy (non-hydrogen) atoms. The van der Waals surface area contributed by atoms with Gasteiger partial charge >= 0.3 is 0 Å². The quantitative estimate of drug-likeness (QED) is 0.757. The van der Waals surface area contributed by atoms with Crippen LogP contribution in [0.4, 0.5) is 5.69 Å². The molecule has 0 aromatic heterocycles. The molecule has 4 nitrogen and oxygen atoms in total. The molecule has 0 heterocycles. The van der Waals surface area contributed by atoms with Gasteiger partial charge in [-0.2, -0.15) is 0 Å². The standard InChI is InChI=1S/C22H30N2O2/c1-15-4-2-5-19(8-15)24-20(25)6-3-7-23-21(26)22-12-16-9-17(13-22)11-18(10-16)14-22/h2,4-5,8,16-18H,3,6-7,9-14H2,1H3,(H,23,26)(H,24,25). The fourth-order valence-corrected chi connectivity index (χ4v) is 5.97. The van der Waals surface area contributed by atoms with Gasteiger partial charge in [-0.15, -0.1) is 0 Å². The monoisotopic (exact) mass is 354 g/mol. The molecule has 1 aromatic carbocycles. The van der Waals surface area contributed by atoms with Crippen molar-refractivity contribution >= 4 is 17.5 Å². The molecular weight excluding hydrogens is 324 g/mol. The van der Waals surface area contributed by atoms with E-state index in [9.17, 15) is 9.59 Å². The van der Waals surface area contributed by atoms with E-state index >= 15 is 0 Å². The van der Waals surface area contributed by atoms with Gasteiger partial charge in [0.2, 0.25) is 11.8 Å². The van der Waals surface area contributed by atoms with Gasteiger partial charge in [0.15, 0.2) is 0 Å². The summed E-state index contributed by atoms with van der Waals surface area (Å²) in [5.41, 5.74) is 1.89. The number of carbonyl (C=O) groups is 2. The largest absolute Gasteiger partial charge is 0.356 e. The summed E-state index contributed by atoms with van der Waals surface area (Å²) >= 11 is 0. The maximum Gasteiger partial charge on any atom is 0.226 e. The average Bonchev–Trinajstić information content (AvgIpc) is 2.57. The molecule has 2 N–H and O–H groups in total. The number of hydrogen-bond donors (Lipinski definition) is 2. The summed E-state index contributed by atoms with van der Waals surface area (Å²) in [7, 11) is 0. The molecule has 0 atom stereocenters. The predicted molar refractivity (Wildman–Crippen MR) is 103 cm³/mol. The Labute approximate surface area is 156 Å². The van der Waals surface area contributed by atoms with Crippen molar-refractivity contribution in [3.05, 3.63) is 29.8 Å². The van der Waals surface area contributed by atoms with E-state index in [0.29, 0.717) is 19.4 Å². The van der Waals surface area contributed by atoms with Gasteiger partial charge in [0.25, 0.3) is 0 Å². The van der Waals surface area contributed by atoms with Crippen molar-refractivity contribution in [2.24, 2.45) is 23.2 Å². The minimum absolute atomic E-state index is 0.0136. The molecule has 2 amide bonds. The Morgan fingerprint density at radius 3 is 2.35 bits per heavy atom. The van der Waals surface area contributed by atoms with Crippen molar-refractivity contribution in [1.82, 2.24) is 5.32 Å². The van der Waals surface area contributed by atoms with Crippen LogP contribution in [0, 0.1) is 30.1 Å². The van der Waals surface area contributed by atoms with E-state index in [0.717, 1.165) is 48.3 Å². The number of hydrogen-bond acceptors (Lipinski definition) is 2. The van der Waals surface area contributed by atoms with Crippen LogP contribution >= 0.6 is 0 Å². The van der Waals surface area contributed by atoms with Crippen molar-refractivity contribution in [2.75, 3.05) is 11.9 Å². The predicted octanol–water partition coefficient (Wildman–Crippen LogP) is 4.05. The Hall–Kier alpha value is -1.84. The third-order valence-electron chi connectivity index (χ3n) is 6.69. The van der Waals surface area contributed by atoms with Gasteiger partial charge < -0.3 is 10.6 Å². The van der Waals surface area contributed by atoms with Crippen LogP contribution in [-0.2, 0) is 9.59 Å². The highest BCUT2D eigenvalue weighted by molar-refractivity contribution is 5.90. The molecule has 4 saturated carbocycles. The summed E-state index contributed by atoms with van der Waals surface area (Å²) in [6, 6.07) is 7.82. The maximum absolute atomic E-state index is 12.9. The third kappa shape index (κ3) is 3.65. The van der Waals surface area contributed by atoms with Crippen LogP contribution in [0.15, 0.2) is 24.3 Å². The molecule has 0 spiro atoms. The van der Waals surface area contributed by atoms with Crippen LogP contribution < -0.4 is 10.6 Å². The van der Waals surface area contributed by atoms with E-state index < -0.39 is 0 Å². The van der Waals surface area contributed by atoms with E-state index in [1.807, 2.05) is 31.2 Å². The smallest absolute Gasteiger partial charge is 0.226 e. The number of anilines is 1. The Balaban J connectivity index is 1.21. The van der Waals surface area contributed by atoms with Crippen molar-refractivity contribution in [3.8, 4) is 0 Å². The zero-order valence-corrected chi connectivity index (χ0v) is 15.7. The fourth-order valence-electron chi connectivity index (χ4n) is 5.97. The lowest BCUT2D eigenvalue weighted by Crippen LogP contribution is -2.53. The molecule has 4 fully saturated rings. The summed E-state index contributed by atoms with van der Waals surface area (Å²) in [5.74, 6) is 2.63. The number of amides is 2. The molecule has 4 aliphatic carbocycles. The minimum atomic E-state index is -0.0847. The summed E-state index contributed by atoms with van der Waals surface area (Å²) in [4.78, 5) is 24.9. The Morgan fingerprint density at radius 2 is 1.73 bits per heavy atom. The lowest BCUT2D eigenvalue weighted by Gasteiger charge is -2.55. The lowest BCUT2D eigenvalue weighted by molar-refractivity contribution is -0.146. The van der Waals surface area contributed by atoms with Crippen LogP contribution in [0.2, 0.25) is 0 Å². The van der Waals surface area contributed by atoms with E-state index in [1.165, 1.54) is 19.3 Å². The topological polar surface area (TPSA) is 58.2 Å². The van der Waals surface area contributed by atoms with Crippen LogP contribution in [0.5, 0.6) is 0 Å². The molecule has 4 bridgehead atoms. The van der Waals surface area contributed by atoms with Crippen LogP contribution in [0.25, 0.3) is 0 Å². The molecule has 5 rings (SSSR count). The van der Waals surface area contributed by atoms with Gasteiger partial charge in [-0.1, -0.05) is 12.1 Å². The average molecular weight is 354 g/mol. The first-order valence-corrected chi connectivity index (χ1v) is 10.2. The van der Waals surface area contributed by atoms with Gasteiger partial charge in [-0.05, 0) is 87.3 Å². The van der Waals surface area contributed by atoms with Crippen LogP contribution in [0.3, 0.4) is 0 Å². The highest BCUT2D eigenvalue weighted by Crippen LogP contribution is 2.60. The van der Waals surface area contributed by atoms with Gasteiger partial charge in [0, 0.05) is 24.1 Å². The van der Waals surface area contributed by atoms with E-state index in [2.05, 4.69) is 10.6 Å². The van der Waals surface area contributed by atoms with E-state index in [1.54, 1.807) is 0 Å². The number of rotatable bonds is 6. The number of carbonyl (C=O) groups excluding carboxylic acids is 2. The summed E-state index contributed by atoms with van der Waals surface area (Å²) in [6.45, 7) is 2.61. The van der Waals surface area contributed by atoms with Crippen molar-refractivity contribution < 1.29 is 9.59 Å². The van der Waals surface area contributed by atoms with Gasteiger partial charge in [0.05, 0.1) is 0 Å². The number of nitrogens with one attached hydrogen (secondary N) is 2. The second-order valence-corrected chi connectivity index (χ2v) is 8.97. The SMILES string of the molecule is Cc1cccc(NC(=O)CCCNC(=O)C23CC4CC(CC(C4)C2)C3)c1. The second-order valence-electron chi connectivity index (χ2n) is 8.97. The summed E-state index contributed by atoms with van der Waals surface area (Å²) in [5, 5.41) is 6.08. The summed E-state index contributed by atoms with van der Waals surface area (Å²) in [6.07, 6.45) is 8.48. The van der Waals surface area contributed by atoms with Crippen molar-refractivity contribution in [3.63, 3.8) is 0 Å². The second kappa shape index (κ2) is 7.05. The zero-order chi connectivity index (χ0) is 18.1. The molecule has 0 radical (unpaired) electrons. The van der Waals surface area contributed by atoms with Gasteiger partial charge in [0.1, 0.15) is 0 Å². The molecular formula is C22H30N2O2. The Kier molecular flexibility index (Phi) is 4.76. The third-order valence-corrected chi connectivity index (χ3v) is 6.69. The molecule has 0 unspecified atom stereocenters. The number of benzene rings is 1. The van der Waals surface area contributed by atoms with Crippen LogP contribution in [-0.4, -0.2) is 18.4 Å². The van der Waals surface area contributed by atoms with Crippen LogP contribution in [0.1, 0.15) is 56.9 Å². The van der Waals surface area contributed by atoms with Crippen molar-refractivity contribution in [2.45, 2.75) is 58.3 Å². The van der Waals surface area contributed by atoms with E-state index in [4.69, 9.17) is 0 Å². The first-order valence-electron chi connectivity index (χ1n) is 10.2. The van der Waals surface area contributed by atoms with E-state index in [-0.39, 0.29) is 17.2 Å². The van der Waals surface area contributed by atoms with Crippen molar-refractivity contribution in [1.29, 1.82) is 0 Å².